The molecule has 0 aromatic heterocycles. The minimum absolute atomic E-state index is 0.0212. The summed E-state index contributed by atoms with van der Waals surface area (Å²) in [6, 6.07) is 4.22. The van der Waals surface area contributed by atoms with Gasteiger partial charge >= 0.3 is 0 Å². The fourth-order valence-electron chi connectivity index (χ4n) is 2.14. The van der Waals surface area contributed by atoms with E-state index < -0.39 is 25.9 Å². The van der Waals surface area contributed by atoms with Crippen LogP contribution in [0.2, 0.25) is 0 Å². The van der Waals surface area contributed by atoms with Gasteiger partial charge in [0.05, 0.1) is 15.8 Å². The lowest BCUT2D eigenvalue weighted by molar-refractivity contribution is 0.426. The van der Waals surface area contributed by atoms with Crippen LogP contribution in [0, 0.1) is 0 Å². The summed E-state index contributed by atoms with van der Waals surface area (Å²) < 4.78 is 48.5. The first-order chi connectivity index (χ1) is 9.26. The third-order valence-electron chi connectivity index (χ3n) is 3.20. The number of sulfonamides is 1. The third-order valence-corrected chi connectivity index (χ3v) is 6.25. The van der Waals surface area contributed by atoms with Crippen LogP contribution in [0.4, 0.5) is 0 Å². The van der Waals surface area contributed by atoms with Gasteiger partial charge in [0.25, 0.3) is 0 Å². The number of benzene rings is 1. The maximum absolute atomic E-state index is 12.4. The molecule has 1 heterocycles. The highest BCUT2D eigenvalue weighted by Gasteiger charge is 2.35. The summed E-state index contributed by atoms with van der Waals surface area (Å²) in [5.41, 5.74) is 0. The van der Waals surface area contributed by atoms with E-state index >= 15 is 0 Å². The Morgan fingerprint density at radius 3 is 2.15 bits per heavy atom. The van der Waals surface area contributed by atoms with Gasteiger partial charge in [-0.25, -0.2) is 16.8 Å². The second kappa shape index (κ2) is 5.27. The standard InChI is InChI=1S/C12H14NO5S2/c1-19(15,16)11-4-6-12(7-5-11)20(17,18)13-8-2-3-10(13)9-14/h4-7,10H,2-3,8H2,1H3/t10-/m0/s1. The summed E-state index contributed by atoms with van der Waals surface area (Å²) >= 11 is 0. The Morgan fingerprint density at radius 2 is 1.65 bits per heavy atom. The normalized spacial score (nSPS) is 20.9. The van der Waals surface area contributed by atoms with Crippen LogP contribution in [0.1, 0.15) is 12.8 Å². The Hall–Kier alpha value is -1.25. The van der Waals surface area contributed by atoms with Crippen molar-refractivity contribution in [1.29, 1.82) is 0 Å². The summed E-state index contributed by atoms with van der Waals surface area (Å²) in [6.45, 7) is 0.274. The number of hydrogen-bond acceptors (Lipinski definition) is 5. The Labute approximate surface area is 118 Å². The van der Waals surface area contributed by atoms with Crippen molar-refractivity contribution in [2.75, 3.05) is 12.8 Å². The second-order valence-electron chi connectivity index (χ2n) is 4.64. The van der Waals surface area contributed by atoms with Crippen molar-refractivity contribution < 1.29 is 21.6 Å². The van der Waals surface area contributed by atoms with Gasteiger partial charge in [0.1, 0.15) is 0 Å². The quantitative estimate of drug-likeness (QED) is 0.800. The smallest absolute Gasteiger partial charge is 0.243 e. The molecule has 0 N–H and O–H groups in total. The average Bonchev–Trinajstić information content (AvgIpc) is 2.87. The minimum Gasteiger partial charge on any atom is -0.289 e. The van der Waals surface area contributed by atoms with Gasteiger partial charge in [-0.05, 0) is 37.1 Å². The van der Waals surface area contributed by atoms with E-state index in [0.29, 0.717) is 12.8 Å². The fraction of sp³-hybridized carbons (Fsp3) is 0.417. The molecular weight excluding hydrogens is 302 g/mol. The lowest BCUT2D eigenvalue weighted by Gasteiger charge is -2.19. The minimum atomic E-state index is -3.79. The van der Waals surface area contributed by atoms with Crippen LogP contribution in [0.25, 0.3) is 0 Å². The van der Waals surface area contributed by atoms with Crippen molar-refractivity contribution in [3.8, 4) is 0 Å². The molecule has 1 aromatic carbocycles. The molecule has 0 spiro atoms. The number of carbonyl (C=O) groups excluding carboxylic acids is 1. The first-order valence-electron chi connectivity index (χ1n) is 5.96. The molecule has 0 bridgehead atoms. The highest BCUT2D eigenvalue weighted by atomic mass is 32.2. The Morgan fingerprint density at radius 1 is 1.10 bits per heavy atom. The van der Waals surface area contributed by atoms with Gasteiger partial charge in [0, 0.05) is 12.8 Å². The zero-order valence-electron chi connectivity index (χ0n) is 10.8. The Bertz CT molecular complexity index is 707. The van der Waals surface area contributed by atoms with Crippen molar-refractivity contribution in [2.24, 2.45) is 0 Å². The van der Waals surface area contributed by atoms with Crippen LogP contribution in [0.5, 0.6) is 0 Å². The number of nitrogens with zero attached hydrogens (tertiary/aromatic N) is 1. The Balaban J connectivity index is 2.38. The topological polar surface area (TPSA) is 88.6 Å². The predicted octanol–water partition coefficient (Wildman–Crippen LogP) is 0.353. The van der Waals surface area contributed by atoms with Crippen molar-refractivity contribution in [3.05, 3.63) is 24.3 Å². The number of rotatable bonds is 4. The summed E-state index contributed by atoms with van der Waals surface area (Å²) in [5, 5.41) is 0. The third kappa shape index (κ3) is 2.77. The largest absolute Gasteiger partial charge is 0.289 e. The number of sulfone groups is 1. The van der Waals surface area contributed by atoms with E-state index in [1.807, 2.05) is 0 Å². The van der Waals surface area contributed by atoms with Gasteiger partial charge in [0.15, 0.2) is 9.84 Å². The molecule has 1 saturated heterocycles. The summed E-state index contributed by atoms with van der Waals surface area (Å²) in [7, 11) is -7.16. The monoisotopic (exact) mass is 316 g/mol. The van der Waals surface area contributed by atoms with Crippen LogP contribution in [0.3, 0.4) is 0 Å². The highest BCUT2D eigenvalue weighted by molar-refractivity contribution is 7.90. The molecular formula is C12H14NO5S2. The van der Waals surface area contributed by atoms with E-state index in [0.717, 1.165) is 10.6 Å². The van der Waals surface area contributed by atoms with E-state index in [2.05, 4.69) is 0 Å². The molecule has 6 nitrogen and oxygen atoms in total. The van der Waals surface area contributed by atoms with Crippen molar-refractivity contribution in [3.63, 3.8) is 0 Å². The van der Waals surface area contributed by atoms with Crippen LogP contribution in [-0.2, 0) is 24.7 Å². The Kier molecular flexibility index (Phi) is 3.99. The molecule has 1 fully saturated rings. The lowest BCUT2D eigenvalue weighted by atomic mass is 10.2. The summed E-state index contributed by atoms with van der Waals surface area (Å²) in [4.78, 5) is 10.8. The highest BCUT2D eigenvalue weighted by Crippen LogP contribution is 2.25. The molecule has 1 radical (unpaired) electrons. The maximum Gasteiger partial charge on any atom is 0.243 e. The lowest BCUT2D eigenvalue weighted by Crippen LogP contribution is -2.36. The summed E-state index contributed by atoms with van der Waals surface area (Å²) in [5.74, 6) is 0. The molecule has 1 aliphatic heterocycles. The molecule has 1 atom stereocenters. The van der Waals surface area contributed by atoms with Crippen LogP contribution in [-0.4, -0.2) is 46.3 Å². The van der Waals surface area contributed by atoms with E-state index in [1.165, 1.54) is 24.3 Å². The SMILES string of the molecule is CS(=O)(=O)c1ccc(S(=O)(=O)N2CCC[C@H]2[C]=O)cc1. The molecule has 0 saturated carbocycles. The van der Waals surface area contributed by atoms with Crippen molar-refractivity contribution in [2.45, 2.75) is 28.7 Å². The van der Waals surface area contributed by atoms with Gasteiger partial charge in [-0.1, -0.05) is 0 Å². The first kappa shape index (κ1) is 15.1. The van der Waals surface area contributed by atoms with Crippen LogP contribution >= 0.6 is 0 Å². The van der Waals surface area contributed by atoms with Crippen molar-refractivity contribution in [1.82, 2.24) is 4.31 Å². The van der Waals surface area contributed by atoms with Gasteiger partial charge < -0.3 is 0 Å². The zero-order chi connectivity index (χ0) is 15.0. The average molecular weight is 316 g/mol. The molecule has 2 rings (SSSR count). The molecule has 0 amide bonds. The van der Waals surface area contributed by atoms with Gasteiger partial charge in [-0.3, -0.25) is 4.79 Å². The second-order valence-corrected chi connectivity index (χ2v) is 8.54. The molecule has 1 aliphatic rings. The molecule has 0 aliphatic carbocycles. The van der Waals surface area contributed by atoms with Crippen molar-refractivity contribution >= 4 is 26.1 Å². The van der Waals surface area contributed by atoms with E-state index in [1.54, 1.807) is 6.29 Å². The summed E-state index contributed by atoms with van der Waals surface area (Å²) in [6.07, 6.45) is 3.85. The molecule has 8 heteroatoms. The first-order valence-corrected chi connectivity index (χ1v) is 9.29. The van der Waals surface area contributed by atoms with Gasteiger partial charge in [-0.15, -0.1) is 0 Å². The molecule has 1 aromatic rings. The molecule has 20 heavy (non-hydrogen) atoms. The van der Waals surface area contributed by atoms with Crippen LogP contribution < -0.4 is 0 Å². The van der Waals surface area contributed by atoms with E-state index in [4.69, 9.17) is 0 Å². The number of hydrogen-bond donors (Lipinski definition) is 0. The zero-order valence-corrected chi connectivity index (χ0v) is 12.4. The van der Waals surface area contributed by atoms with Gasteiger partial charge in [0.2, 0.25) is 16.3 Å². The van der Waals surface area contributed by atoms with Crippen LogP contribution in [0.15, 0.2) is 34.1 Å². The molecule has 0 unspecified atom stereocenters. The van der Waals surface area contributed by atoms with E-state index in [-0.39, 0.29) is 16.3 Å². The maximum atomic E-state index is 12.4. The molecule has 109 valence electrons. The van der Waals surface area contributed by atoms with Gasteiger partial charge in [-0.2, -0.15) is 4.31 Å². The predicted molar refractivity (Wildman–Crippen MR) is 72.2 cm³/mol. The van der Waals surface area contributed by atoms with E-state index in [9.17, 15) is 21.6 Å². The fourth-order valence-corrected chi connectivity index (χ4v) is 4.37.